The molecule has 1 saturated heterocycles. The zero-order valence-corrected chi connectivity index (χ0v) is 16.2. The van der Waals surface area contributed by atoms with Crippen LogP contribution in [0.4, 0.5) is 0 Å². The first-order valence-electron chi connectivity index (χ1n) is 9.75. The molecule has 1 atom stereocenters. The summed E-state index contributed by atoms with van der Waals surface area (Å²) < 4.78 is 0. The molecule has 1 fully saturated rings. The summed E-state index contributed by atoms with van der Waals surface area (Å²) in [4.78, 5) is 38.6. The summed E-state index contributed by atoms with van der Waals surface area (Å²) in [5, 5.41) is 3.01. The molecule has 1 aliphatic heterocycles. The van der Waals surface area contributed by atoms with Gasteiger partial charge in [-0.3, -0.25) is 14.4 Å². The zero-order valence-electron chi connectivity index (χ0n) is 16.2. The van der Waals surface area contributed by atoms with Crippen LogP contribution in [0, 0.1) is 6.92 Å². The van der Waals surface area contributed by atoms with Crippen LogP contribution < -0.4 is 5.32 Å². The minimum absolute atomic E-state index is 0.0406. The van der Waals surface area contributed by atoms with Crippen molar-refractivity contribution in [3.8, 4) is 0 Å². The molecule has 146 valence electrons. The second kappa shape index (κ2) is 9.31. The summed E-state index contributed by atoms with van der Waals surface area (Å²) in [6, 6.07) is 16.8. The summed E-state index contributed by atoms with van der Waals surface area (Å²) in [5.41, 5.74) is 2.68. The molecule has 0 radical (unpaired) electrons. The van der Waals surface area contributed by atoms with Crippen molar-refractivity contribution in [2.75, 3.05) is 13.1 Å². The summed E-state index contributed by atoms with van der Waals surface area (Å²) in [6.07, 6.45) is 1.73. The van der Waals surface area contributed by atoms with Gasteiger partial charge in [-0.1, -0.05) is 60.2 Å². The minimum atomic E-state index is -0.273. The lowest BCUT2D eigenvalue weighted by Gasteiger charge is -2.25. The molecule has 0 saturated carbocycles. The topological polar surface area (TPSA) is 66.5 Å². The highest BCUT2D eigenvalue weighted by atomic mass is 16.2. The van der Waals surface area contributed by atoms with Gasteiger partial charge >= 0.3 is 0 Å². The van der Waals surface area contributed by atoms with Gasteiger partial charge in [-0.15, -0.1) is 0 Å². The molecule has 5 nitrogen and oxygen atoms in total. The standard InChI is InChI=1S/C23H26N2O3/c1-17-9-11-19(12-10-17)21(26)13-14-22(27)24-20(18-6-3-2-4-7-18)16-25-15-5-8-23(25)28/h2-4,6-7,9-12,20H,5,8,13-16H2,1H3,(H,24,27). The van der Waals surface area contributed by atoms with Crippen LogP contribution in [0.2, 0.25) is 0 Å². The molecular weight excluding hydrogens is 352 g/mol. The Labute approximate surface area is 165 Å². The number of amides is 2. The van der Waals surface area contributed by atoms with E-state index in [9.17, 15) is 14.4 Å². The number of hydrogen-bond donors (Lipinski definition) is 1. The molecule has 0 spiro atoms. The van der Waals surface area contributed by atoms with E-state index in [-0.39, 0.29) is 36.5 Å². The number of hydrogen-bond acceptors (Lipinski definition) is 3. The van der Waals surface area contributed by atoms with E-state index in [1.54, 1.807) is 17.0 Å². The average Bonchev–Trinajstić information content (AvgIpc) is 3.11. The van der Waals surface area contributed by atoms with Crippen LogP contribution in [0.25, 0.3) is 0 Å². The van der Waals surface area contributed by atoms with Crippen LogP contribution in [-0.4, -0.2) is 35.6 Å². The van der Waals surface area contributed by atoms with Crippen LogP contribution in [0.3, 0.4) is 0 Å². The van der Waals surface area contributed by atoms with Gasteiger partial charge in [0, 0.05) is 37.9 Å². The lowest BCUT2D eigenvalue weighted by atomic mass is 10.0. The Kier molecular flexibility index (Phi) is 6.58. The molecule has 0 bridgehead atoms. The van der Waals surface area contributed by atoms with Crippen LogP contribution in [-0.2, 0) is 9.59 Å². The van der Waals surface area contributed by atoms with Crippen molar-refractivity contribution in [2.45, 2.75) is 38.6 Å². The van der Waals surface area contributed by atoms with Crippen molar-refractivity contribution in [3.05, 3.63) is 71.3 Å². The molecule has 1 N–H and O–H groups in total. The Hall–Kier alpha value is -2.95. The number of benzene rings is 2. The highest BCUT2D eigenvalue weighted by Crippen LogP contribution is 2.19. The maximum absolute atomic E-state index is 12.5. The number of nitrogens with zero attached hydrogens (tertiary/aromatic N) is 1. The fourth-order valence-electron chi connectivity index (χ4n) is 3.41. The second-order valence-corrected chi connectivity index (χ2v) is 7.26. The van der Waals surface area contributed by atoms with Gasteiger partial charge in [-0.25, -0.2) is 0 Å². The Morgan fingerprint density at radius 1 is 1.04 bits per heavy atom. The Morgan fingerprint density at radius 2 is 1.75 bits per heavy atom. The van der Waals surface area contributed by atoms with Crippen LogP contribution in [0.15, 0.2) is 54.6 Å². The van der Waals surface area contributed by atoms with Gasteiger partial charge in [0.15, 0.2) is 5.78 Å². The van der Waals surface area contributed by atoms with Gasteiger partial charge in [0.05, 0.1) is 6.04 Å². The Balaban J connectivity index is 1.59. The van der Waals surface area contributed by atoms with Crippen LogP contribution >= 0.6 is 0 Å². The first-order chi connectivity index (χ1) is 13.5. The summed E-state index contributed by atoms with van der Waals surface area (Å²) in [7, 11) is 0. The fraction of sp³-hybridized carbons (Fsp3) is 0.348. The zero-order chi connectivity index (χ0) is 19.9. The number of Topliss-reactive ketones (excluding diaryl/α,β-unsaturated/α-hetero) is 1. The quantitative estimate of drug-likeness (QED) is 0.716. The van der Waals surface area contributed by atoms with E-state index in [4.69, 9.17) is 0 Å². The van der Waals surface area contributed by atoms with Crippen molar-refractivity contribution < 1.29 is 14.4 Å². The molecule has 1 unspecified atom stereocenters. The largest absolute Gasteiger partial charge is 0.347 e. The van der Waals surface area contributed by atoms with E-state index >= 15 is 0 Å². The van der Waals surface area contributed by atoms with Gasteiger partial charge in [-0.05, 0) is 18.9 Å². The van der Waals surface area contributed by atoms with Gasteiger partial charge in [-0.2, -0.15) is 0 Å². The third kappa shape index (κ3) is 5.28. The molecule has 1 heterocycles. The first kappa shape index (κ1) is 19.8. The predicted molar refractivity (Wildman–Crippen MR) is 108 cm³/mol. The van der Waals surface area contributed by atoms with Crippen molar-refractivity contribution in [1.82, 2.24) is 10.2 Å². The second-order valence-electron chi connectivity index (χ2n) is 7.26. The van der Waals surface area contributed by atoms with E-state index in [1.165, 1.54) is 0 Å². The van der Waals surface area contributed by atoms with Crippen LogP contribution in [0.5, 0.6) is 0 Å². The minimum Gasteiger partial charge on any atom is -0.347 e. The summed E-state index contributed by atoms with van der Waals surface area (Å²) in [5.74, 6) is -0.0909. The van der Waals surface area contributed by atoms with Gasteiger partial charge in [0.2, 0.25) is 11.8 Å². The molecule has 3 rings (SSSR count). The van der Waals surface area contributed by atoms with Gasteiger partial charge in [0.1, 0.15) is 0 Å². The number of aryl methyl sites for hydroxylation is 1. The third-order valence-corrected chi connectivity index (χ3v) is 5.06. The first-order valence-corrected chi connectivity index (χ1v) is 9.75. The average molecular weight is 378 g/mol. The molecule has 0 aliphatic carbocycles. The lowest BCUT2D eigenvalue weighted by Crippen LogP contribution is -2.38. The SMILES string of the molecule is Cc1ccc(C(=O)CCC(=O)NC(CN2CCCC2=O)c2ccccc2)cc1. The molecule has 2 amide bonds. The smallest absolute Gasteiger partial charge is 0.222 e. The van der Waals surface area contributed by atoms with Crippen molar-refractivity contribution in [3.63, 3.8) is 0 Å². The molecule has 1 aliphatic rings. The van der Waals surface area contributed by atoms with Crippen molar-refractivity contribution in [2.24, 2.45) is 0 Å². The number of carbonyl (C=O) groups is 3. The maximum Gasteiger partial charge on any atom is 0.222 e. The molecule has 5 heteroatoms. The summed E-state index contributed by atoms with van der Waals surface area (Å²) >= 11 is 0. The molecule has 2 aromatic carbocycles. The van der Waals surface area contributed by atoms with E-state index in [2.05, 4.69) is 5.32 Å². The molecule has 0 aromatic heterocycles. The molecular formula is C23H26N2O3. The van der Waals surface area contributed by atoms with E-state index in [0.717, 1.165) is 24.1 Å². The summed E-state index contributed by atoms with van der Waals surface area (Å²) in [6.45, 7) is 3.15. The van der Waals surface area contributed by atoms with Gasteiger partial charge < -0.3 is 10.2 Å². The van der Waals surface area contributed by atoms with E-state index in [1.807, 2.05) is 49.4 Å². The molecule has 2 aromatic rings. The van der Waals surface area contributed by atoms with Gasteiger partial charge in [0.25, 0.3) is 0 Å². The number of ketones is 1. The normalized spacial score (nSPS) is 14.8. The van der Waals surface area contributed by atoms with Crippen molar-refractivity contribution in [1.29, 1.82) is 0 Å². The predicted octanol–water partition coefficient (Wildman–Crippen LogP) is 3.44. The molecule has 28 heavy (non-hydrogen) atoms. The number of nitrogens with one attached hydrogen (secondary N) is 1. The number of likely N-dealkylation sites (tertiary alicyclic amines) is 1. The Morgan fingerprint density at radius 3 is 2.39 bits per heavy atom. The fourth-order valence-corrected chi connectivity index (χ4v) is 3.41. The van der Waals surface area contributed by atoms with Crippen LogP contribution in [0.1, 0.15) is 53.2 Å². The highest BCUT2D eigenvalue weighted by molar-refractivity contribution is 5.98. The highest BCUT2D eigenvalue weighted by Gasteiger charge is 2.25. The lowest BCUT2D eigenvalue weighted by molar-refractivity contribution is -0.129. The number of rotatable bonds is 8. The Bertz CT molecular complexity index is 831. The van der Waals surface area contributed by atoms with E-state index < -0.39 is 0 Å². The monoisotopic (exact) mass is 378 g/mol. The maximum atomic E-state index is 12.5. The van der Waals surface area contributed by atoms with E-state index in [0.29, 0.717) is 18.5 Å². The number of carbonyl (C=O) groups excluding carboxylic acids is 3. The van der Waals surface area contributed by atoms with Crippen molar-refractivity contribution >= 4 is 17.6 Å². The third-order valence-electron chi connectivity index (χ3n) is 5.06.